The Morgan fingerprint density at radius 1 is 1.23 bits per heavy atom. The molecule has 0 bridgehead atoms. The first-order valence-corrected chi connectivity index (χ1v) is 10.3. The Balaban J connectivity index is 0.000000412. The minimum absolute atomic E-state index is 0.285. The third kappa shape index (κ3) is 7.35. The minimum atomic E-state index is -4.16. The molecule has 0 saturated heterocycles. The standard InChI is InChI=1S/C9H14N5O4P.C6H15N/c1-6(18-5-19(15,16)17)2-14-4-13-7-8(10)11-3-12-9(7)14;1-4-7(5-2)6-3/h3-4,6H,2,5H2,1H3,(H2,10,11,12)(H2,15,16,17);4-6H2,1-3H3/t6-;/m1./s1. The molecule has 0 aliphatic heterocycles. The van der Waals surface area contributed by atoms with Crippen molar-refractivity contribution >= 4 is 24.6 Å². The number of nitrogens with two attached hydrogens (primary N) is 1. The van der Waals surface area contributed by atoms with E-state index in [1.54, 1.807) is 11.5 Å². The lowest BCUT2D eigenvalue weighted by atomic mass is 10.4. The maximum absolute atomic E-state index is 10.7. The zero-order valence-electron chi connectivity index (χ0n) is 15.7. The fourth-order valence-corrected chi connectivity index (χ4v) is 2.71. The van der Waals surface area contributed by atoms with Gasteiger partial charge in [0.1, 0.15) is 18.2 Å². The van der Waals surface area contributed by atoms with Gasteiger partial charge in [-0.25, -0.2) is 15.0 Å². The van der Waals surface area contributed by atoms with Crippen molar-refractivity contribution in [1.82, 2.24) is 24.4 Å². The fourth-order valence-electron chi connectivity index (χ4n) is 2.26. The first-order valence-electron chi connectivity index (χ1n) is 8.51. The maximum atomic E-state index is 10.7. The van der Waals surface area contributed by atoms with Crippen LogP contribution in [0.25, 0.3) is 11.2 Å². The summed E-state index contributed by atoms with van der Waals surface area (Å²) < 4.78 is 17.5. The largest absolute Gasteiger partial charge is 0.382 e. The van der Waals surface area contributed by atoms with Crippen LogP contribution in [0.1, 0.15) is 27.7 Å². The Kier molecular flexibility index (Phi) is 9.11. The van der Waals surface area contributed by atoms with Gasteiger partial charge in [0.15, 0.2) is 11.5 Å². The molecule has 2 heterocycles. The lowest BCUT2D eigenvalue weighted by molar-refractivity contribution is 0.0764. The number of nitrogens with zero attached hydrogens (tertiary/aromatic N) is 5. The zero-order valence-corrected chi connectivity index (χ0v) is 16.6. The van der Waals surface area contributed by atoms with Crippen molar-refractivity contribution in [1.29, 1.82) is 0 Å². The van der Waals surface area contributed by atoms with Crippen LogP contribution in [0.15, 0.2) is 12.7 Å². The molecule has 11 heteroatoms. The van der Waals surface area contributed by atoms with E-state index in [2.05, 4.69) is 40.6 Å². The van der Waals surface area contributed by atoms with E-state index >= 15 is 0 Å². The highest BCUT2D eigenvalue weighted by Gasteiger charge is 2.16. The first kappa shape index (κ1) is 22.5. The van der Waals surface area contributed by atoms with Crippen molar-refractivity contribution in [2.24, 2.45) is 0 Å². The molecule has 148 valence electrons. The monoisotopic (exact) mass is 388 g/mol. The highest BCUT2D eigenvalue weighted by Crippen LogP contribution is 2.34. The molecule has 2 aromatic heterocycles. The Hall–Kier alpha value is -1.58. The van der Waals surface area contributed by atoms with Gasteiger partial charge in [-0.05, 0) is 26.6 Å². The molecule has 0 spiro atoms. The molecule has 0 amide bonds. The van der Waals surface area contributed by atoms with Crippen molar-refractivity contribution in [3.05, 3.63) is 12.7 Å². The second-order valence-corrected chi connectivity index (χ2v) is 7.31. The smallest absolute Gasteiger partial charge is 0.350 e. The topological polar surface area (TPSA) is 140 Å². The number of fused-ring (bicyclic) bond motifs is 1. The van der Waals surface area contributed by atoms with Crippen molar-refractivity contribution in [3.63, 3.8) is 0 Å². The van der Waals surface area contributed by atoms with E-state index in [0.29, 0.717) is 17.7 Å². The number of ether oxygens (including phenoxy) is 1. The predicted molar refractivity (Wildman–Crippen MR) is 101 cm³/mol. The molecule has 2 aromatic rings. The third-order valence-corrected chi connectivity index (χ3v) is 4.24. The van der Waals surface area contributed by atoms with E-state index in [0.717, 1.165) is 0 Å². The van der Waals surface area contributed by atoms with E-state index in [1.807, 2.05) is 0 Å². The molecule has 0 aliphatic rings. The summed E-state index contributed by atoms with van der Waals surface area (Å²) in [6.45, 7) is 12.2. The van der Waals surface area contributed by atoms with Crippen molar-refractivity contribution < 1.29 is 19.1 Å². The molecule has 10 nitrogen and oxygen atoms in total. The van der Waals surface area contributed by atoms with Crippen LogP contribution in [0, 0.1) is 0 Å². The van der Waals surface area contributed by atoms with Gasteiger partial charge in [-0.1, -0.05) is 20.8 Å². The van der Waals surface area contributed by atoms with E-state index in [9.17, 15) is 4.57 Å². The van der Waals surface area contributed by atoms with Crippen LogP contribution < -0.4 is 5.73 Å². The second-order valence-electron chi connectivity index (χ2n) is 5.72. The van der Waals surface area contributed by atoms with Gasteiger partial charge in [-0.2, -0.15) is 0 Å². The molecule has 0 aliphatic carbocycles. The number of rotatable bonds is 8. The van der Waals surface area contributed by atoms with Gasteiger partial charge in [-0.15, -0.1) is 0 Å². The molecule has 1 atom stereocenters. The number of hydrogen-bond donors (Lipinski definition) is 3. The zero-order chi connectivity index (χ0) is 19.7. The highest BCUT2D eigenvalue weighted by atomic mass is 31.2. The lowest BCUT2D eigenvalue weighted by Crippen LogP contribution is -2.21. The summed E-state index contributed by atoms with van der Waals surface area (Å²) in [5.74, 6) is 0.285. The molecule has 0 aromatic carbocycles. The first-order chi connectivity index (χ1) is 12.2. The predicted octanol–water partition coefficient (Wildman–Crippen LogP) is 1.30. The Bertz CT molecular complexity index is 710. The van der Waals surface area contributed by atoms with Crippen LogP contribution in [0.3, 0.4) is 0 Å². The van der Waals surface area contributed by atoms with Crippen LogP contribution in [0.2, 0.25) is 0 Å². The van der Waals surface area contributed by atoms with Crippen LogP contribution in [0.5, 0.6) is 0 Å². The van der Waals surface area contributed by atoms with Gasteiger partial charge in [-0.3, -0.25) is 4.57 Å². The van der Waals surface area contributed by atoms with Gasteiger partial charge in [0.05, 0.1) is 19.0 Å². The summed E-state index contributed by atoms with van der Waals surface area (Å²) >= 11 is 0. The van der Waals surface area contributed by atoms with Crippen molar-refractivity contribution in [2.45, 2.75) is 40.3 Å². The minimum Gasteiger partial charge on any atom is -0.382 e. The Labute approximate surface area is 153 Å². The number of aromatic nitrogens is 4. The summed E-state index contributed by atoms with van der Waals surface area (Å²) in [5.41, 5.74) is 6.70. The van der Waals surface area contributed by atoms with Crippen LogP contribution >= 0.6 is 7.60 Å². The molecule has 0 saturated carbocycles. The van der Waals surface area contributed by atoms with Gasteiger partial charge in [0.25, 0.3) is 0 Å². The van der Waals surface area contributed by atoms with E-state index in [-0.39, 0.29) is 5.82 Å². The van der Waals surface area contributed by atoms with Crippen LogP contribution in [0.4, 0.5) is 5.82 Å². The molecule has 0 radical (unpaired) electrons. The number of nitrogen functional groups attached to an aromatic ring is 1. The molecule has 4 N–H and O–H groups in total. The fraction of sp³-hybridized carbons (Fsp3) is 0.667. The van der Waals surface area contributed by atoms with E-state index in [1.165, 1.54) is 32.3 Å². The van der Waals surface area contributed by atoms with Gasteiger partial charge in [0, 0.05) is 0 Å². The van der Waals surface area contributed by atoms with Gasteiger partial charge < -0.3 is 29.7 Å². The molecular weight excluding hydrogens is 359 g/mol. The van der Waals surface area contributed by atoms with Gasteiger partial charge in [0.2, 0.25) is 0 Å². The molecular formula is C15H29N6O4P. The quantitative estimate of drug-likeness (QED) is 0.571. The molecule has 0 unspecified atom stereocenters. The molecule has 0 fully saturated rings. The average molecular weight is 388 g/mol. The normalized spacial score (nSPS) is 12.9. The summed E-state index contributed by atoms with van der Waals surface area (Å²) in [6.07, 6.45) is 1.85. The highest BCUT2D eigenvalue weighted by molar-refractivity contribution is 7.51. The Morgan fingerprint density at radius 3 is 2.35 bits per heavy atom. The lowest BCUT2D eigenvalue weighted by Gasteiger charge is -2.14. The average Bonchev–Trinajstić information content (AvgIpc) is 2.99. The van der Waals surface area contributed by atoms with E-state index < -0.39 is 20.0 Å². The van der Waals surface area contributed by atoms with Crippen molar-refractivity contribution in [2.75, 3.05) is 31.7 Å². The number of anilines is 1. The van der Waals surface area contributed by atoms with E-state index in [4.69, 9.17) is 20.3 Å². The number of hydrogen-bond acceptors (Lipinski definition) is 7. The second kappa shape index (κ2) is 10.5. The summed E-state index contributed by atoms with van der Waals surface area (Å²) in [5, 5.41) is 0. The maximum Gasteiger partial charge on any atom is 0.350 e. The molecule has 2 rings (SSSR count). The third-order valence-electron chi connectivity index (χ3n) is 3.75. The summed E-state index contributed by atoms with van der Waals surface area (Å²) in [7, 11) is -4.16. The SMILES string of the molecule is CCN(CC)CC.C[C@H](Cn1cnc2c(N)ncnc21)OCP(=O)(O)O. The summed E-state index contributed by atoms with van der Waals surface area (Å²) in [6, 6.07) is 0. The van der Waals surface area contributed by atoms with Crippen molar-refractivity contribution in [3.8, 4) is 0 Å². The molecule has 26 heavy (non-hydrogen) atoms. The van der Waals surface area contributed by atoms with Crippen LogP contribution in [-0.4, -0.2) is 66.3 Å². The van der Waals surface area contributed by atoms with Gasteiger partial charge >= 0.3 is 7.60 Å². The Morgan fingerprint density at radius 2 is 1.85 bits per heavy atom. The number of imidazole rings is 1. The summed E-state index contributed by atoms with van der Waals surface area (Å²) in [4.78, 5) is 31.8. The van der Waals surface area contributed by atoms with Crippen LogP contribution in [-0.2, 0) is 15.8 Å².